The highest BCUT2D eigenvalue weighted by Gasteiger charge is 2.06. The van der Waals surface area contributed by atoms with Gasteiger partial charge in [0.05, 0.1) is 11.1 Å². The zero-order valence-electron chi connectivity index (χ0n) is 11.7. The van der Waals surface area contributed by atoms with Crippen LogP contribution in [-0.4, -0.2) is 12.4 Å². The first kappa shape index (κ1) is 15.4. The van der Waals surface area contributed by atoms with Crippen molar-refractivity contribution >= 4 is 21.8 Å². The molecule has 2 aromatic carbocycles. The summed E-state index contributed by atoms with van der Waals surface area (Å²) in [5.41, 5.74) is 6.10. The largest absolute Gasteiger partial charge is 0.494 e. The topological polar surface area (TPSA) is 68.3 Å². The highest BCUT2D eigenvalue weighted by atomic mass is 79.9. The third-order valence-corrected chi connectivity index (χ3v) is 3.39. The molecule has 0 bridgehead atoms. The van der Waals surface area contributed by atoms with Crippen molar-refractivity contribution in [2.24, 2.45) is 5.73 Å². The summed E-state index contributed by atoms with van der Waals surface area (Å²) >= 11 is 3.42. The number of nitrogens with two attached hydrogens (primary N) is 1. The summed E-state index contributed by atoms with van der Waals surface area (Å²) < 4.78 is 12.1. The van der Waals surface area contributed by atoms with Gasteiger partial charge in [0.15, 0.2) is 0 Å². The van der Waals surface area contributed by atoms with E-state index in [1.807, 2.05) is 24.3 Å². The van der Waals surface area contributed by atoms with E-state index in [0.29, 0.717) is 17.9 Å². The Labute approximate surface area is 132 Å². The van der Waals surface area contributed by atoms with Gasteiger partial charge < -0.3 is 15.2 Å². The highest BCUT2D eigenvalue weighted by Crippen LogP contribution is 2.31. The molecule has 5 heteroatoms. The molecular formula is C16H17BrN2O2. The summed E-state index contributed by atoms with van der Waals surface area (Å²) in [6, 6.07) is 12.8. The fourth-order valence-corrected chi connectivity index (χ4v) is 2.16. The second-order valence-corrected chi connectivity index (χ2v) is 5.34. The molecule has 3 N–H and O–H groups in total. The van der Waals surface area contributed by atoms with Gasteiger partial charge in [-0.2, -0.15) is 0 Å². The summed E-state index contributed by atoms with van der Waals surface area (Å²) in [7, 11) is 0. The summed E-state index contributed by atoms with van der Waals surface area (Å²) in [5.74, 6) is 2.24. The monoisotopic (exact) mass is 348 g/mol. The molecule has 0 unspecified atom stereocenters. The Morgan fingerprint density at radius 1 is 1.14 bits per heavy atom. The van der Waals surface area contributed by atoms with Crippen LogP contribution >= 0.6 is 15.9 Å². The molecular weight excluding hydrogens is 332 g/mol. The van der Waals surface area contributed by atoms with Crippen molar-refractivity contribution in [2.75, 3.05) is 6.61 Å². The number of nitrogen functional groups attached to an aromatic ring is 1. The van der Waals surface area contributed by atoms with E-state index >= 15 is 0 Å². The molecule has 0 aromatic heterocycles. The first-order chi connectivity index (χ1) is 10.1. The van der Waals surface area contributed by atoms with Crippen LogP contribution in [0.15, 0.2) is 46.9 Å². The summed E-state index contributed by atoms with van der Waals surface area (Å²) in [5, 5.41) is 7.40. The molecule has 0 aliphatic heterocycles. The van der Waals surface area contributed by atoms with Crippen LogP contribution < -0.4 is 15.2 Å². The Morgan fingerprint density at radius 2 is 1.81 bits per heavy atom. The predicted octanol–water partition coefficient (Wildman–Crippen LogP) is 4.31. The molecule has 0 radical (unpaired) electrons. The first-order valence-corrected chi connectivity index (χ1v) is 7.44. The molecule has 2 aromatic rings. The Hall–Kier alpha value is -2.01. The maximum Gasteiger partial charge on any atom is 0.141 e. The van der Waals surface area contributed by atoms with Crippen molar-refractivity contribution in [1.29, 1.82) is 5.41 Å². The Bertz CT molecular complexity index is 627. The van der Waals surface area contributed by atoms with Crippen molar-refractivity contribution in [2.45, 2.75) is 13.3 Å². The lowest BCUT2D eigenvalue weighted by atomic mass is 10.2. The van der Waals surface area contributed by atoms with Crippen LogP contribution in [0.3, 0.4) is 0 Å². The number of rotatable bonds is 6. The molecule has 0 aliphatic carbocycles. The number of ether oxygens (including phenoxy) is 2. The zero-order valence-corrected chi connectivity index (χ0v) is 13.3. The van der Waals surface area contributed by atoms with Crippen LogP contribution in [0.1, 0.15) is 18.9 Å². The summed E-state index contributed by atoms with van der Waals surface area (Å²) in [6.07, 6.45) is 0.980. The Balaban J connectivity index is 2.09. The van der Waals surface area contributed by atoms with Crippen LogP contribution in [0.2, 0.25) is 0 Å². The van der Waals surface area contributed by atoms with Crippen molar-refractivity contribution in [3.63, 3.8) is 0 Å². The van der Waals surface area contributed by atoms with Crippen LogP contribution in [0.5, 0.6) is 17.2 Å². The zero-order chi connectivity index (χ0) is 15.2. The number of amidine groups is 1. The minimum Gasteiger partial charge on any atom is -0.494 e. The van der Waals surface area contributed by atoms with Gasteiger partial charge in [0.2, 0.25) is 0 Å². The molecule has 21 heavy (non-hydrogen) atoms. The molecule has 110 valence electrons. The van der Waals surface area contributed by atoms with Gasteiger partial charge in [-0.3, -0.25) is 5.41 Å². The van der Waals surface area contributed by atoms with Gasteiger partial charge in [-0.1, -0.05) is 6.92 Å². The number of hydrogen-bond donors (Lipinski definition) is 2. The van der Waals surface area contributed by atoms with Gasteiger partial charge in [-0.25, -0.2) is 0 Å². The fourth-order valence-electron chi connectivity index (χ4n) is 1.70. The van der Waals surface area contributed by atoms with Gasteiger partial charge in [-0.15, -0.1) is 0 Å². The Morgan fingerprint density at radius 3 is 2.38 bits per heavy atom. The number of halogens is 1. The van der Waals surface area contributed by atoms with Gasteiger partial charge >= 0.3 is 0 Å². The number of benzene rings is 2. The van der Waals surface area contributed by atoms with Crippen LogP contribution in [0.25, 0.3) is 0 Å². The van der Waals surface area contributed by atoms with E-state index in [1.54, 1.807) is 18.2 Å². The van der Waals surface area contributed by atoms with Crippen molar-refractivity contribution in [3.8, 4) is 17.2 Å². The van der Waals surface area contributed by atoms with Crippen LogP contribution in [-0.2, 0) is 0 Å². The van der Waals surface area contributed by atoms with Crippen LogP contribution in [0.4, 0.5) is 0 Å². The lowest BCUT2D eigenvalue weighted by molar-refractivity contribution is 0.317. The third kappa shape index (κ3) is 4.23. The lowest BCUT2D eigenvalue weighted by Gasteiger charge is -2.10. The molecule has 0 amide bonds. The number of nitrogens with one attached hydrogen (secondary N) is 1. The quantitative estimate of drug-likeness (QED) is 0.603. The molecule has 0 saturated carbocycles. The van der Waals surface area contributed by atoms with Gasteiger partial charge in [0.25, 0.3) is 0 Å². The van der Waals surface area contributed by atoms with Crippen molar-refractivity contribution in [1.82, 2.24) is 0 Å². The van der Waals surface area contributed by atoms with E-state index in [1.165, 1.54) is 0 Å². The third-order valence-electron chi connectivity index (χ3n) is 2.77. The molecule has 0 aliphatic rings. The molecule has 4 nitrogen and oxygen atoms in total. The smallest absolute Gasteiger partial charge is 0.141 e. The van der Waals surface area contributed by atoms with Gasteiger partial charge in [-0.05, 0) is 64.8 Å². The van der Waals surface area contributed by atoms with E-state index in [-0.39, 0.29) is 5.84 Å². The SMILES string of the molecule is CCCOc1ccc(Oc2ccc(C(=N)N)cc2Br)cc1. The molecule has 0 saturated heterocycles. The fraction of sp³-hybridized carbons (Fsp3) is 0.188. The lowest BCUT2D eigenvalue weighted by Crippen LogP contribution is -2.10. The second-order valence-electron chi connectivity index (χ2n) is 4.48. The standard InChI is InChI=1S/C16H17BrN2O2/c1-2-9-20-12-4-6-13(7-5-12)21-15-8-3-11(16(18)19)10-14(15)17/h3-8,10H,2,9H2,1H3,(H3,18,19). The van der Waals surface area contributed by atoms with E-state index in [0.717, 1.165) is 22.4 Å². The normalized spacial score (nSPS) is 10.2. The second kappa shape index (κ2) is 7.13. The molecule has 0 fully saturated rings. The maximum atomic E-state index is 7.40. The molecule has 2 rings (SSSR count). The van der Waals surface area contributed by atoms with Gasteiger partial charge in [0, 0.05) is 5.56 Å². The first-order valence-electron chi connectivity index (χ1n) is 6.65. The molecule has 0 heterocycles. The van der Waals surface area contributed by atoms with E-state index in [2.05, 4.69) is 22.9 Å². The Kier molecular flexibility index (Phi) is 5.22. The minimum atomic E-state index is 0.0275. The van der Waals surface area contributed by atoms with E-state index in [9.17, 15) is 0 Å². The van der Waals surface area contributed by atoms with Crippen molar-refractivity contribution in [3.05, 3.63) is 52.5 Å². The predicted molar refractivity (Wildman–Crippen MR) is 87.5 cm³/mol. The molecule has 0 spiro atoms. The number of hydrogen-bond acceptors (Lipinski definition) is 3. The van der Waals surface area contributed by atoms with E-state index < -0.39 is 0 Å². The van der Waals surface area contributed by atoms with Crippen molar-refractivity contribution < 1.29 is 9.47 Å². The molecule has 0 atom stereocenters. The average Bonchev–Trinajstić information content (AvgIpc) is 2.48. The van der Waals surface area contributed by atoms with Gasteiger partial charge in [0.1, 0.15) is 23.1 Å². The summed E-state index contributed by atoms with van der Waals surface area (Å²) in [4.78, 5) is 0. The minimum absolute atomic E-state index is 0.0275. The van der Waals surface area contributed by atoms with Crippen LogP contribution in [0, 0.1) is 5.41 Å². The highest BCUT2D eigenvalue weighted by molar-refractivity contribution is 9.10. The summed E-state index contributed by atoms with van der Waals surface area (Å²) in [6.45, 7) is 2.78. The average molecular weight is 349 g/mol. The van der Waals surface area contributed by atoms with E-state index in [4.69, 9.17) is 20.6 Å². The maximum absolute atomic E-state index is 7.40.